The van der Waals surface area contributed by atoms with Gasteiger partial charge in [0, 0.05) is 13.0 Å². The van der Waals surface area contributed by atoms with Crippen LogP contribution < -0.4 is 5.32 Å². The number of amides is 2. The number of rotatable bonds is 10. The van der Waals surface area contributed by atoms with Crippen molar-refractivity contribution in [3.63, 3.8) is 0 Å². The number of benzene rings is 1. The molecule has 1 aromatic carbocycles. The summed E-state index contributed by atoms with van der Waals surface area (Å²) in [4.78, 5) is 27.0. The predicted molar refractivity (Wildman–Crippen MR) is 104 cm³/mol. The number of hydrogen-bond donors (Lipinski definition) is 3. The van der Waals surface area contributed by atoms with Crippen molar-refractivity contribution in [1.82, 2.24) is 10.2 Å². The number of aliphatic hydroxyl groups is 2. The van der Waals surface area contributed by atoms with Crippen molar-refractivity contribution in [3.05, 3.63) is 48.6 Å². The normalized spacial score (nSPS) is 18.7. The second kappa shape index (κ2) is 10.8. The lowest BCUT2D eigenvalue weighted by atomic mass is 9.98. The lowest BCUT2D eigenvalue weighted by Crippen LogP contribution is -2.44. The highest BCUT2D eigenvalue weighted by Gasteiger charge is 2.31. The number of aliphatic hydroxyl groups excluding tert-OH is 2. The molecule has 2 amide bonds. The number of carbonyl (C=O) groups is 2. The van der Waals surface area contributed by atoms with Crippen molar-refractivity contribution in [2.75, 3.05) is 19.8 Å². The molecule has 1 saturated heterocycles. The standard InChI is InChI=1S/C21H30N2O4/c1-2-7-17(13-20(26)23-11-6-10-19(23)15-25)21(27)22-18(14-24)12-16-8-4-3-5-9-16/h2-5,8-9,17-19,24-25H,1,6-7,10-15H2,(H,22,27). The Morgan fingerprint density at radius 1 is 1.30 bits per heavy atom. The molecule has 27 heavy (non-hydrogen) atoms. The minimum absolute atomic E-state index is 0.0479. The molecule has 0 saturated carbocycles. The van der Waals surface area contributed by atoms with Crippen molar-refractivity contribution in [2.24, 2.45) is 5.92 Å². The molecule has 6 nitrogen and oxygen atoms in total. The molecule has 0 aromatic heterocycles. The summed E-state index contributed by atoms with van der Waals surface area (Å²) in [6.45, 7) is 4.10. The van der Waals surface area contributed by atoms with E-state index in [9.17, 15) is 19.8 Å². The molecule has 1 aromatic rings. The van der Waals surface area contributed by atoms with E-state index in [1.54, 1.807) is 11.0 Å². The molecule has 0 radical (unpaired) electrons. The third kappa shape index (κ3) is 6.19. The van der Waals surface area contributed by atoms with E-state index < -0.39 is 12.0 Å². The molecule has 6 heteroatoms. The van der Waals surface area contributed by atoms with Crippen molar-refractivity contribution < 1.29 is 19.8 Å². The summed E-state index contributed by atoms with van der Waals surface area (Å²) in [6.07, 6.45) is 4.30. The van der Waals surface area contributed by atoms with Gasteiger partial charge < -0.3 is 20.4 Å². The van der Waals surface area contributed by atoms with Gasteiger partial charge in [-0.15, -0.1) is 6.58 Å². The molecule has 3 unspecified atom stereocenters. The van der Waals surface area contributed by atoms with Crippen molar-refractivity contribution >= 4 is 11.8 Å². The summed E-state index contributed by atoms with van der Waals surface area (Å²) in [7, 11) is 0. The van der Waals surface area contributed by atoms with Gasteiger partial charge in [-0.3, -0.25) is 9.59 Å². The van der Waals surface area contributed by atoms with E-state index in [-0.39, 0.29) is 37.5 Å². The third-order valence-electron chi connectivity index (χ3n) is 5.04. The summed E-state index contributed by atoms with van der Waals surface area (Å²) >= 11 is 0. The average Bonchev–Trinajstić information content (AvgIpc) is 3.16. The second-order valence-corrected chi connectivity index (χ2v) is 7.07. The minimum Gasteiger partial charge on any atom is -0.394 e. The van der Waals surface area contributed by atoms with E-state index in [0.717, 1.165) is 18.4 Å². The lowest BCUT2D eigenvalue weighted by Gasteiger charge is -2.26. The van der Waals surface area contributed by atoms with Gasteiger partial charge in [-0.1, -0.05) is 36.4 Å². The highest BCUT2D eigenvalue weighted by atomic mass is 16.3. The first-order valence-electron chi connectivity index (χ1n) is 9.55. The first-order chi connectivity index (χ1) is 13.1. The quantitative estimate of drug-likeness (QED) is 0.538. The molecule has 0 spiro atoms. The maximum absolute atomic E-state index is 12.7. The highest BCUT2D eigenvalue weighted by Crippen LogP contribution is 2.21. The van der Waals surface area contributed by atoms with E-state index in [1.807, 2.05) is 30.3 Å². The Bertz CT molecular complexity index is 620. The van der Waals surface area contributed by atoms with Crippen LogP contribution in [-0.2, 0) is 16.0 Å². The van der Waals surface area contributed by atoms with Crippen LogP contribution in [0, 0.1) is 5.92 Å². The summed E-state index contributed by atoms with van der Waals surface area (Å²) in [5.74, 6) is -0.894. The Hall–Kier alpha value is -2.18. The van der Waals surface area contributed by atoms with Crippen molar-refractivity contribution in [3.8, 4) is 0 Å². The molecule has 1 aliphatic heterocycles. The van der Waals surface area contributed by atoms with Gasteiger partial charge in [-0.2, -0.15) is 0 Å². The van der Waals surface area contributed by atoms with Crippen LogP contribution in [0.5, 0.6) is 0 Å². The molecule has 0 bridgehead atoms. The molecule has 1 aliphatic rings. The zero-order chi connectivity index (χ0) is 19.6. The number of nitrogens with one attached hydrogen (secondary N) is 1. The van der Waals surface area contributed by atoms with Gasteiger partial charge in [0.2, 0.25) is 11.8 Å². The van der Waals surface area contributed by atoms with Crippen LogP contribution >= 0.6 is 0 Å². The van der Waals surface area contributed by atoms with E-state index in [4.69, 9.17) is 0 Å². The Labute approximate surface area is 160 Å². The minimum atomic E-state index is -0.528. The van der Waals surface area contributed by atoms with Gasteiger partial charge in [-0.05, 0) is 31.2 Å². The molecule has 2 rings (SSSR count). The van der Waals surface area contributed by atoms with E-state index in [2.05, 4.69) is 11.9 Å². The number of likely N-dealkylation sites (tertiary alicyclic amines) is 1. The smallest absolute Gasteiger partial charge is 0.224 e. The number of allylic oxidation sites excluding steroid dienone is 1. The topological polar surface area (TPSA) is 89.9 Å². The fraction of sp³-hybridized carbons (Fsp3) is 0.524. The Kier molecular flexibility index (Phi) is 8.48. The van der Waals surface area contributed by atoms with Gasteiger partial charge in [-0.25, -0.2) is 0 Å². The van der Waals surface area contributed by atoms with Gasteiger partial charge in [0.25, 0.3) is 0 Å². The zero-order valence-electron chi connectivity index (χ0n) is 15.7. The van der Waals surface area contributed by atoms with Crippen LogP contribution in [0.25, 0.3) is 0 Å². The Balaban J connectivity index is 1.96. The van der Waals surface area contributed by atoms with Crippen molar-refractivity contribution in [2.45, 2.75) is 44.2 Å². The molecule has 3 atom stereocenters. The summed E-state index contributed by atoms with van der Waals surface area (Å²) in [5, 5.41) is 21.9. The first-order valence-corrected chi connectivity index (χ1v) is 9.55. The predicted octanol–water partition coefficient (Wildman–Crippen LogP) is 1.27. The van der Waals surface area contributed by atoms with Crippen LogP contribution in [0.1, 0.15) is 31.2 Å². The monoisotopic (exact) mass is 374 g/mol. The second-order valence-electron chi connectivity index (χ2n) is 7.07. The maximum atomic E-state index is 12.7. The van der Waals surface area contributed by atoms with Crippen LogP contribution in [0.3, 0.4) is 0 Å². The van der Waals surface area contributed by atoms with Gasteiger partial charge in [0.1, 0.15) is 0 Å². The molecular weight excluding hydrogens is 344 g/mol. The third-order valence-corrected chi connectivity index (χ3v) is 5.04. The molecule has 148 valence electrons. The van der Waals surface area contributed by atoms with Crippen LogP contribution in [-0.4, -0.2) is 58.8 Å². The number of hydrogen-bond acceptors (Lipinski definition) is 4. The highest BCUT2D eigenvalue weighted by molar-refractivity contribution is 5.86. The SMILES string of the molecule is C=CCC(CC(=O)N1CCCC1CO)C(=O)NC(CO)Cc1ccccc1. The molecule has 1 fully saturated rings. The van der Waals surface area contributed by atoms with Crippen LogP contribution in [0.15, 0.2) is 43.0 Å². The summed E-state index contributed by atoms with van der Waals surface area (Å²) < 4.78 is 0. The lowest BCUT2D eigenvalue weighted by molar-refractivity contribution is -0.137. The molecule has 0 aliphatic carbocycles. The number of carbonyl (C=O) groups excluding carboxylic acids is 2. The summed E-state index contributed by atoms with van der Waals surface area (Å²) in [5.41, 5.74) is 1.02. The number of nitrogens with zero attached hydrogens (tertiary/aromatic N) is 1. The molecule has 1 heterocycles. The van der Waals surface area contributed by atoms with E-state index in [0.29, 0.717) is 19.4 Å². The fourth-order valence-corrected chi connectivity index (χ4v) is 3.55. The van der Waals surface area contributed by atoms with Crippen molar-refractivity contribution in [1.29, 1.82) is 0 Å². The van der Waals surface area contributed by atoms with Crippen LogP contribution in [0.2, 0.25) is 0 Å². The van der Waals surface area contributed by atoms with Gasteiger partial charge in [0.05, 0.1) is 31.2 Å². The largest absolute Gasteiger partial charge is 0.394 e. The molecule has 3 N–H and O–H groups in total. The maximum Gasteiger partial charge on any atom is 0.224 e. The zero-order valence-corrected chi connectivity index (χ0v) is 15.7. The summed E-state index contributed by atoms with van der Waals surface area (Å²) in [6, 6.07) is 9.09. The fourth-order valence-electron chi connectivity index (χ4n) is 3.55. The Morgan fingerprint density at radius 3 is 2.67 bits per heavy atom. The first kappa shape index (κ1) is 21.1. The van der Waals surface area contributed by atoms with Crippen LogP contribution in [0.4, 0.5) is 0 Å². The average molecular weight is 374 g/mol. The van der Waals surface area contributed by atoms with E-state index >= 15 is 0 Å². The Morgan fingerprint density at radius 2 is 2.04 bits per heavy atom. The molecular formula is C21H30N2O4. The van der Waals surface area contributed by atoms with Gasteiger partial charge in [0.15, 0.2) is 0 Å². The van der Waals surface area contributed by atoms with E-state index in [1.165, 1.54) is 0 Å². The van der Waals surface area contributed by atoms with Gasteiger partial charge >= 0.3 is 0 Å².